The number of aromatic amines is 1. The number of hydrogen-bond donors (Lipinski definition) is 4. The zero-order valence-corrected chi connectivity index (χ0v) is 26.0. The van der Waals surface area contributed by atoms with Gasteiger partial charge in [-0.1, -0.05) is 24.3 Å². The van der Waals surface area contributed by atoms with Crippen molar-refractivity contribution in [2.75, 3.05) is 19.6 Å². The standard InChI is InChI=1S/C36H38N6O2S/c43-45(44,30-4-2-1-3-5-30)36-16-12-33(42-36)35(31-22-34(31)38-19-15-24-13-17-37-18-14-24)32-11-10-28(41-32)21-26-7-6-25(39-26)20-27-8-9-29(23-36)40-27/h1-12,20-21,23-24,31,34,37-39,42H,13-19,22H2/b25-20-,26-21-,29-23-,35-32-/t31-,34-,36?/m1/s1. The van der Waals surface area contributed by atoms with Gasteiger partial charge in [-0.15, -0.1) is 0 Å². The van der Waals surface area contributed by atoms with E-state index in [2.05, 4.69) is 33.1 Å². The van der Waals surface area contributed by atoms with E-state index < -0.39 is 14.7 Å². The predicted octanol–water partition coefficient (Wildman–Crippen LogP) is 3.16. The van der Waals surface area contributed by atoms with Crippen LogP contribution in [0, 0.1) is 11.8 Å². The van der Waals surface area contributed by atoms with E-state index in [9.17, 15) is 8.42 Å². The molecule has 230 valence electrons. The van der Waals surface area contributed by atoms with Crippen LogP contribution in [0.25, 0.3) is 12.2 Å². The molecule has 6 aliphatic rings. The van der Waals surface area contributed by atoms with E-state index in [-0.39, 0.29) is 17.2 Å². The summed E-state index contributed by atoms with van der Waals surface area (Å²) in [4.78, 5) is 12.2. The molecule has 8 nitrogen and oxygen atoms in total. The smallest absolute Gasteiger partial charge is 0.206 e. The molecule has 4 N–H and O–H groups in total. The van der Waals surface area contributed by atoms with Gasteiger partial charge in [0.25, 0.3) is 0 Å². The third kappa shape index (κ3) is 5.54. The number of benzene rings is 1. The van der Waals surface area contributed by atoms with Crippen molar-refractivity contribution in [3.63, 3.8) is 0 Å². The maximum absolute atomic E-state index is 14.5. The number of fused-ring (bicyclic) bond motifs is 6. The summed E-state index contributed by atoms with van der Waals surface area (Å²) in [5.74, 6) is 1.01. The van der Waals surface area contributed by atoms with Crippen molar-refractivity contribution in [3.8, 4) is 0 Å². The number of H-pyrrole nitrogens is 1. The fourth-order valence-electron chi connectivity index (χ4n) is 7.15. The van der Waals surface area contributed by atoms with Crippen LogP contribution in [-0.4, -0.2) is 55.4 Å². The summed E-state index contributed by atoms with van der Waals surface area (Å²) in [6.07, 6.45) is 20.7. The summed E-state index contributed by atoms with van der Waals surface area (Å²) in [5, 5.41) is 12.7. The van der Waals surface area contributed by atoms with E-state index in [4.69, 9.17) is 9.98 Å². The molecule has 1 aromatic heterocycles. The molecule has 2 fully saturated rings. The Bertz CT molecular complexity index is 1970. The van der Waals surface area contributed by atoms with Gasteiger partial charge in [-0.3, -0.25) is 0 Å². The highest BCUT2D eigenvalue weighted by Gasteiger charge is 2.50. The molecule has 6 heterocycles. The van der Waals surface area contributed by atoms with Gasteiger partial charge in [-0.2, -0.15) is 0 Å². The normalized spacial score (nSPS) is 31.6. The van der Waals surface area contributed by atoms with Crippen molar-refractivity contribution in [1.82, 2.24) is 20.9 Å². The number of nitrogens with zero attached hydrogens (tertiary/aromatic N) is 2. The topological polar surface area (TPSA) is 111 Å². The Labute approximate surface area is 263 Å². The predicted molar refractivity (Wildman–Crippen MR) is 180 cm³/mol. The Morgan fingerprint density at radius 2 is 1.67 bits per heavy atom. The molecule has 5 aliphatic heterocycles. The fraction of sp³-hybridized carbons (Fsp3) is 0.333. The van der Waals surface area contributed by atoms with Crippen molar-refractivity contribution in [2.45, 2.75) is 47.9 Å². The molecule has 8 rings (SSSR count). The van der Waals surface area contributed by atoms with Crippen LogP contribution in [0.1, 0.15) is 32.1 Å². The molecular formula is C36H38N6O2S. The summed E-state index contributed by atoms with van der Waals surface area (Å²) < 4.78 is 28.9. The second-order valence-corrected chi connectivity index (χ2v) is 15.0. The van der Waals surface area contributed by atoms with Crippen LogP contribution in [0.2, 0.25) is 0 Å². The summed E-state index contributed by atoms with van der Waals surface area (Å²) >= 11 is 0. The summed E-state index contributed by atoms with van der Waals surface area (Å²) in [6, 6.07) is 13.1. The van der Waals surface area contributed by atoms with Crippen molar-refractivity contribution in [2.24, 2.45) is 21.8 Å². The van der Waals surface area contributed by atoms with E-state index in [1.165, 1.54) is 19.3 Å². The van der Waals surface area contributed by atoms with Crippen LogP contribution in [0.5, 0.6) is 0 Å². The van der Waals surface area contributed by atoms with Gasteiger partial charge in [0.15, 0.2) is 4.87 Å². The lowest BCUT2D eigenvalue weighted by Crippen LogP contribution is -2.47. The van der Waals surface area contributed by atoms with Crippen molar-refractivity contribution >= 4 is 33.4 Å². The van der Waals surface area contributed by atoms with Gasteiger partial charge in [0.1, 0.15) is 0 Å². The number of aliphatic imine (C=N–C) groups is 2. The maximum Gasteiger partial charge on any atom is 0.206 e. The molecule has 1 aromatic carbocycles. The number of aromatic nitrogens is 1. The lowest BCUT2D eigenvalue weighted by atomic mass is 9.95. The monoisotopic (exact) mass is 618 g/mol. The minimum atomic E-state index is -3.85. The van der Waals surface area contributed by atoms with E-state index in [0.29, 0.717) is 11.7 Å². The van der Waals surface area contributed by atoms with Gasteiger partial charge in [0.2, 0.25) is 9.84 Å². The molecule has 3 atom stereocenters. The van der Waals surface area contributed by atoms with E-state index in [1.54, 1.807) is 30.3 Å². The van der Waals surface area contributed by atoms with Crippen molar-refractivity contribution in [3.05, 3.63) is 112 Å². The van der Waals surface area contributed by atoms with Crippen molar-refractivity contribution in [1.29, 1.82) is 0 Å². The van der Waals surface area contributed by atoms with Crippen LogP contribution in [0.15, 0.2) is 116 Å². The minimum Gasteiger partial charge on any atom is -0.363 e. The molecule has 0 amide bonds. The van der Waals surface area contributed by atoms with Crippen LogP contribution >= 0.6 is 0 Å². The Hall–Kier alpha value is -4.05. The zero-order chi connectivity index (χ0) is 30.4. The van der Waals surface area contributed by atoms with Crippen LogP contribution in [0.4, 0.5) is 0 Å². The highest BCUT2D eigenvalue weighted by atomic mass is 32.2. The number of rotatable bonds is 7. The Balaban J connectivity index is 1.19. The van der Waals surface area contributed by atoms with Crippen molar-refractivity contribution < 1.29 is 8.42 Å². The molecule has 1 aliphatic carbocycles. The fourth-order valence-corrected chi connectivity index (χ4v) is 8.91. The lowest BCUT2D eigenvalue weighted by Gasteiger charge is -2.29. The van der Waals surface area contributed by atoms with Gasteiger partial charge in [-0.05, 0) is 118 Å². The first kappa shape index (κ1) is 28.4. The number of piperidine rings is 1. The van der Waals surface area contributed by atoms with Crippen LogP contribution in [0.3, 0.4) is 0 Å². The highest BCUT2D eigenvalue weighted by molar-refractivity contribution is 7.93. The Morgan fingerprint density at radius 3 is 2.47 bits per heavy atom. The number of hydrogen-bond acceptors (Lipinski definition) is 7. The number of sulfone groups is 1. The maximum atomic E-state index is 14.5. The molecule has 0 spiro atoms. The molecule has 1 saturated heterocycles. The number of nitrogens with one attached hydrogen (secondary N) is 4. The highest BCUT2D eigenvalue weighted by Crippen LogP contribution is 2.46. The first-order valence-corrected chi connectivity index (χ1v) is 17.6. The molecule has 0 radical (unpaired) electrons. The molecule has 45 heavy (non-hydrogen) atoms. The van der Waals surface area contributed by atoms with Crippen LogP contribution in [-0.2, 0) is 9.84 Å². The Kier molecular flexibility index (Phi) is 7.19. The quantitative estimate of drug-likeness (QED) is 0.381. The average Bonchev–Trinajstić information content (AvgIpc) is 3.53. The van der Waals surface area contributed by atoms with E-state index in [1.807, 2.05) is 48.6 Å². The van der Waals surface area contributed by atoms with E-state index in [0.717, 1.165) is 71.1 Å². The lowest BCUT2D eigenvalue weighted by molar-refractivity contribution is 0.347. The number of allylic oxidation sites excluding steroid dienone is 5. The van der Waals surface area contributed by atoms with Gasteiger partial charge in [-0.25, -0.2) is 18.4 Å². The summed E-state index contributed by atoms with van der Waals surface area (Å²) in [7, 11) is -3.85. The second-order valence-electron chi connectivity index (χ2n) is 12.8. The molecule has 2 aromatic rings. The summed E-state index contributed by atoms with van der Waals surface area (Å²) in [5.41, 5.74) is 5.05. The average molecular weight is 619 g/mol. The van der Waals surface area contributed by atoms with E-state index >= 15 is 0 Å². The van der Waals surface area contributed by atoms with Gasteiger partial charge < -0.3 is 20.9 Å². The molecular weight excluding hydrogens is 581 g/mol. The Morgan fingerprint density at radius 1 is 0.911 bits per heavy atom. The third-order valence-electron chi connectivity index (χ3n) is 9.70. The first-order valence-electron chi connectivity index (χ1n) is 16.1. The largest absolute Gasteiger partial charge is 0.363 e. The third-order valence-corrected chi connectivity index (χ3v) is 11.9. The molecule has 8 bridgehead atoms. The first-order chi connectivity index (χ1) is 22.0. The molecule has 9 heteroatoms. The summed E-state index contributed by atoms with van der Waals surface area (Å²) in [6.45, 7) is 3.23. The SMILES string of the molecule is O=S(=O)(c1ccccc1)C12/C=C3/C=CC(=N3)/C=c3/cc/c([nH]3)=C/C3=NC(=C(/[C@@H]4C[C@H]4NCCC4CCNCC4)C(=CC1)N2)/C=C3. The minimum absolute atomic E-state index is 0.240. The van der Waals surface area contributed by atoms with Gasteiger partial charge >= 0.3 is 0 Å². The van der Waals surface area contributed by atoms with Gasteiger partial charge in [0, 0.05) is 40.3 Å². The second kappa shape index (κ2) is 11.4. The van der Waals surface area contributed by atoms with Gasteiger partial charge in [0.05, 0.1) is 27.7 Å². The van der Waals surface area contributed by atoms with Crippen LogP contribution < -0.4 is 26.6 Å². The zero-order valence-electron chi connectivity index (χ0n) is 25.2. The molecule has 1 unspecified atom stereocenters. The molecule has 1 saturated carbocycles.